The van der Waals surface area contributed by atoms with Crippen LogP contribution in [0.4, 0.5) is 0 Å². The lowest BCUT2D eigenvalue weighted by Crippen LogP contribution is -1.93. The summed E-state index contributed by atoms with van der Waals surface area (Å²) in [5.74, 6) is 1.18. The molecule has 3 nitrogen and oxygen atoms in total. The van der Waals surface area contributed by atoms with Crippen molar-refractivity contribution >= 4 is 17.9 Å². The van der Waals surface area contributed by atoms with Gasteiger partial charge >= 0.3 is 0 Å². The van der Waals surface area contributed by atoms with Crippen molar-refractivity contribution in [2.24, 2.45) is 0 Å². The van der Waals surface area contributed by atoms with E-state index in [1.54, 1.807) is 12.1 Å². The average Bonchev–Trinajstić information content (AvgIpc) is 2.53. The minimum atomic E-state index is 0.194. The number of halogens is 1. The molecule has 0 aliphatic carbocycles. The highest BCUT2D eigenvalue weighted by Crippen LogP contribution is 2.39. The van der Waals surface area contributed by atoms with Gasteiger partial charge in [0.25, 0.3) is 0 Å². The van der Waals surface area contributed by atoms with Crippen molar-refractivity contribution in [3.63, 3.8) is 0 Å². The zero-order chi connectivity index (χ0) is 9.26. The summed E-state index contributed by atoms with van der Waals surface area (Å²) in [6.45, 7) is 0.194. The minimum absolute atomic E-state index is 0.194. The summed E-state index contributed by atoms with van der Waals surface area (Å²) >= 11 is 5.89. The third kappa shape index (κ3) is 1.47. The molecule has 13 heavy (non-hydrogen) atoms. The number of hydrogen-bond donors (Lipinski definition) is 0. The van der Waals surface area contributed by atoms with E-state index in [2.05, 4.69) is 0 Å². The van der Waals surface area contributed by atoms with Gasteiger partial charge in [0.1, 0.15) is 6.29 Å². The van der Waals surface area contributed by atoms with Crippen molar-refractivity contribution in [3.05, 3.63) is 22.7 Å². The first-order valence-electron chi connectivity index (χ1n) is 3.83. The van der Waals surface area contributed by atoms with E-state index in [0.29, 0.717) is 22.9 Å². The van der Waals surface area contributed by atoms with Crippen LogP contribution in [0, 0.1) is 0 Å². The Kier molecular flexibility index (Phi) is 2.10. The SMILES string of the molecule is O=CCc1cc(Cl)c2c(c1)OCO2. The molecule has 0 saturated carbocycles. The van der Waals surface area contributed by atoms with Gasteiger partial charge in [-0.25, -0.2) is 0 Å². The van der Waals surface area contributed by atoms with Crippen molar-refractivity contribution in [2.45, 2.75) is 6.42 Å². The zero-order valence-electron chi connectivity index (χ0n) is 6.75. The third-order valence-corrected chi connectivity index (χ3v) is 2.09. The standard InChI is InChI=1S/C9H7ClO3/c10-7-3-6(1-2-11)4-8-9(7)13-5-12-8/h2-4H,1,5H2. The molecule has 4 heteroatoms. The molecule has 0 fully saturated rings. The molecule has 0 aromatic heterocycles. The lowest BCUT2D eigenvalue weighted by molar-refractivity contribution is -0.107. The van der Waals surface area contributed by atoms with E-state index in [1.165, 1.54) is 0 Å². The number of carbonyl (C=O) groups excluding carboxylic acids is 1. The molecule has 2 rings (SSSR count). The summed E-state index contributed by atoms with van der Waals surface area (Å²) in [5.41, 5.74) is 0.837. The van der Waals surface area contributed by atoms with E-state index < -0.39 is 0 Å². The van der Waals surface area contributed by atoms with Gasteiger partial charge in [0.15, 0.2) is 11.5 Å². The summed E-state index contributed by atoms with van der Waals surface area (Å²) in [5, 5.41) is 0.492. The second kappa shape index (κ2) is 3.26. The maximum Gasteiger partial charge on any atom is 0.231 e. The summed E-state index contributed by atoms with van der Waals surface area (Å²) in [4.78, 5) is 10.3. The van der Waals surface area contributed by atoms with Gasteiger partial charge in [0.2, 0.25) is 6.79 Å². The largest absolute Gasteiger partial charge is 0.454 e. The Bertz CT molecular complexity index is 349. The van der Waals surface area contributed by atoms with Crippen LogP contribution in [-0.4, -0.2) is 13.1 Å². The fourth-order valence-electron chi connectivity index (χ4n) is 1.23. The molecule has 0 saturated heterocycles. The average molecular weight is 199 g/mol. The van der Waals surface area contributed by atoms with Gasteiger partial charge in [-0.1, -0.05) is 11.6 Å². The fourth-order valence-corrected chi connectivity index (χ4v) is 1.52. The van der Waals surface area contributed by atoms with Crippen molar-refractivity contribution in [1.29, 1.82) is 0 Å². The first-order valence-corrected chi connectivity index (χ1v) is 4.20. The van der Waals surface area contributed by atoms with Crippen LogP contribution in [0.15, 0.2) is 12.1 Å². The van der Waals surface area contributed by atoms with Crippen LogP contribution in [-0.2, 0) is 11.2 Å². The van der Waals surface area contributed by atoms with Crippen molar-refractivity contribution in [1.82, 2.24) is 0 Å². The van der Waals surface area contributed by atoms with Gasteiger partial charge in [-0.05, 0) is 17.7 Å². The molecule has 1 aromatic carbocycles. The summed E-state index contributed by atoms with van der Waals surface area (Å²) < 4.78 is 10.3. The predicted molar refractivity (Wildman–Crippen MR) is 47.3 cm³/mol. The van der Waals surface area contributed by atoms with E-state index >= 15 is 0 Å². The summed E-state index contributed by atoms with van der Waals surface area (Å²) in [6, 6.07) is 3.48. The van der Waals surface area contributed by atoms with Crippen LogP contribution in [0.2, 0.25) is 5.02 Å². The Morgan fingerprint density at radius 1 is 1.46 bits per heavy atom. The second-order valence-corrected chi connectivity index (χ2v) is 3.09. The fraction of sp³-hybridized carbons (Fsp3) is 0.222. The predicted octanol–water partition coefficient (Wildman–Crippen LogP) is 1.81. The monoisotopic (exact) mass is 198 g/mol. The van der Waals surface area contributed by atoms with Gasteiger partial charge < -0.3 is 14.3 Å². The molecule has 0 spiro atoms. The first-order chi connectivity index (χ1) is 6.31. The molecule has 68 valence electrons. The van der Waals surface area contributed by atoms with Crippen LogP contribution in [0.25, 0.3) is 0 Å². The van der Waals surface area contributed by atoms with E-state index in [1.807, 2.05) is 0 Å². The van der Waals surface area contributed by atoms with Gasteiger partial charge in [-0.2, -0.15) is 0 Å². The highest BCUT2D eigenvalue weighted by atomic mass is 35.5. The van der Waals surface area contributed by atoms with Gasteiger partial charge in [-0.15, -0.1) is 0 Å². The van der Waals surface area contributed by atoms with E-state index in [9.17, 15) is 4.79 Å². The van der Waals surface area contributed by atoms with Crippen LogP contribution >= 0.6 is 11.6 Å². The summed E-state index contributed by atoms with van der Waals surface area (Å²) in [6.07, 6.45) is 1.17. The molecule has 0 radical (unpaired) electrons. The Morgan fingerprint density at radius 3 is 3.08 bits per heavy atom. The molecule has 0 bridgehead atoms. The Morgan fingerprint density at radius 2 is 2.31 bits per heavy atom. The van der Waals surface area contributed by atoms with Gasteiger partial charge in [-0.3, -0.25) is 0 Å². The number of fused-ring (bicyclic) bond motifs is 1. The van der Waals surface area contributed by atoms with Crippen LogP contribution < -0.4 is 9.47 Å². The Balaban J connectivity index is 2.43. The highest BCUT2D eigenvalue weighted by molar-refractivity contribution is 6.32. The molecule has 1 aromatic rings. The van der Waals surface area contributed by atoms with Crippen LogP contribution in [0.5, 0.6) is 11.5 Å². The number of ether oxygens (including phenoxy) is 2. The highest BCUT2D eigenvalue weighted by Gasteiger charge is 2.17. The van der Waals surface area contributed by atoms with E-state index in [-0.39, 0.29) is 6.79 Å². The number of benzene rings is 1. The minimum Gasteiger partial charge on any atom is -0.454 e. The number of aldehydes is 1. The number of hydrogen-bond acceptors (Lipinski definition) is 3. The van der Waals surface area contributed by atoms with Crippen molar-refractivity contribution < 1.29 is 14.3 Å². The molecule has 0 N–H and O–H groups in total. The maximum absolute atomic E-state index is 10.3. The summed E-state index contributed by atoms with van der Waals surface area (Å²) in [7, 11) is 0. The Labute approximate surface area is 80.2 Å². The van der Waals surface area contributed by atoms with Gasteiger partial charge in [0, 0.05) is 6.42 Å². The third-order valence-electron chi connectivity index (χ3n) is 1.81. The van der Waals surface area contributed by atoms with E-state index in [4.69, 9.17) is 21.1 Å². The lowest BCUT2D eigenvalue weighted by Gasteiger charge is -2.01. The molecule has 1 heterocycles. The number of rotatable bonds is 2. The Hall–Kier alpha value is -1.22. The molecule has 0 atom stereocenters. The van der Waals surface area contributed by atoms with Crippen molar-refractivity contribution in [2.75, 3.05) is 6.79 Å². The van der Waals surface area contributed by atoms with E-state index in [0.717, 1.165) is 11.8 Å². The lowest BCUT2D eigenvalue weighted by atomic mass is 10.1. The molecule has 0 amide bonds. The zero-order valence-corrected chi connectivity index (χ0v) is 7.50. The van der Waals surface area contributed by atoms with Gasteiger partial charge in [0.05, 0.1) is 5.02 Å². The van der Waals surface area contributed by atoms with Crippen LogP contribution in [0.1, 0.15) is 5.56 Å². The molecule has 1 aliphatic heterocycles. The molecule has 1 aliphatic rings. The first kappa shape index (κ1) is 8.38. The topological polar surface area (TPSA) is 35.5 Å². The van der Waals surface area contributed by atoms with Crippen molar-refractivity contribution in [3.8, 4) is 11.5 Å². The van der Waals surface area contributed by atoms with Crippen LogP contribution in [0.3, 0.4) is 0 Å². The molecular formula is C9H7ClO3. The normalized spacial score (nSPS) is 13.0. The molecule has 0 unspecified atom stereocenters. The number of carbonyl (C=O) groups is 1. The maximum atomic E-state index is 10.3. The smallest absolute Gasteiger partial charge is 0.231 e. The molecular weight excluding hydrogens is 192 g/mol. The second-order valence-electron chi connectivity index (χ2n) is 2.68. The quantitative estimate of drug-likeness (QED) is 0.680.